The van der Waals surface area contributed by atoms with Crippen molar-refractivity contribution >= 4 is 16.9 Å². The van der Waals surface area contributed by atoms with Crippen LogP contribution in [0, 0.1) is 5.41 Å². The first kappa shape index (κ1) is 19.1. The standard InChI is InChI=1S/C22H22F3N5O/c23-22(24,25)17-7-15-19(28-17)26-12-27-20(15)29-18-14-4-2-1-3-13(14)5-6-16(18)30-8-21(9-30)10-31-11-21/h1-4,7,12,16,18H,5-6,8-11H2,(H2,26,27,28,29). The molecule has 0 amide bonds. The van der Waals surface area contributed by atoms with Crippen molar-refractivity contribution in [3.63, 3.8) is 0 Å². The van der Waals surface area contributed by atoms with Crippen LogP contribution in [0.1, 0.15) is 29.3 Å². The van der Waals surface area contributed by atoms with Gasteiger partial charge in [-0.3, -0.25) is 4.90 Å². The fourth-order valence-corrected chi connectivity index (χ4v) is 5.29. The number of alkyl halides is 3. The van der Waals surface area contributed by atoms with Gasteiger partial charge in [-0.05, 0) is 30.0 Å². The normalized spacial score (nSPS) is 25.1. The molecule has 31 heavy (non-hydrogen) atoms. The lowest BCUT2D eigenvalue weighted by Gasteiger charge is -2.59. The average molecular weight is 429 g/mol. The molecular formula is C22H22F3N5O. The summed E-state index contributed by atoms with van der Waals surface area (Å²) in [6.07, 6.45) is -1.19. The first-order valence-electron chi connectivity index (χ1n) is 10.5. The zero-order valence-corrected chi connectivity index (χ0v) is 16.7. The second-order valence-electron chi connectivity index (χ2n) is 8.99. The van der Waals surface area contributed by atoms with Crippen LogP contribution in [-0.2, 0) is 17.3 Å². The number of H-pyrrole nitrogens is 1. The lowest BCUT2D eigenvalue weighted by atomic mass is 9.74. The number of anilines is 1. The molecule has 0 radical (unpaired) electrons. The van der Waals surface area contributed by atoms with Gasteiger partial charge in [0.1, 0.15) is 23.5 Å². The van der Waals surface area contributed by atoms with Gasteiger partial charge in [0.15, 0.2) is 0 Å². The van der Waals surface area contributed by atoms with E-state index in [2.05, 4.69) is 37.3 Å². The van der Waals surface area contributed by atoms with Crippen molar-refractivity contribution in [2.75, 3.05) is 31.6 Å². The zero-order chi connectivity index (χ0) is 21.2. The second kappa shape index (κ2) is 6.67. The van der Waals surface area contributed by atoms with E-state index in [4.69, 9.17) is 4.74 Å². The number of likely N-dealkylation sites (tertiary alicyclic amines) is 1. The topological polar surface area (TPSA) is 66.1 Å². The van der Waals surface area contributed by atoms with Crippen molar-refractivity contribution in [2.45, 2.75) is 31.1 Å². The smallest absolute Gasteiger partial charge is 0.380 e. The Morgan fingerprint density at radius 2 is 1.97 bits per heavy atom. The monoisotopic (exact) mass is 429 g/mol. The maximum Gasteiger partial charge on any atom is 0.431 e. The van der Waals surface area contributed by atoms with Gasteiger partial charge in [-0.15, -0.1) is 0 Å². The minimum Gasteiger partial charge on any atom is -0.380 e. The van der Waals surface area contributed by atoms with Gasteiger partial charge in [-0.2, -0.15) is 13.2 Å². The van der Waals surface area contributed by atoms with Crippen LogP contribution in [-0.4, -0.2) is 52.2 Å². The van der Waals surface area contributed by atoms with Crippen molar-refractivity contribution in [3.8, 4) is 0 Å². The van der Waals surface area contributed by atoms with E-state index in [9.17, 15) is 13.2 Å². The van der Waals surface area contributed by atoms with Gasteiger partial charge in [0.2, 0.25) is 0 Å². The summed E-state index contributed by atoms with van der Waals surface area (Å²) < 4.78 is 45.1. The van der Waals surface area contributed by atoms with Gasteiger partial charge in [-0.1, -0.05) is 24.3 Å². The molecule has 6 nitrogen and oxygen atoms in total. The molecule has 2 aromatic heterocycles. The number of ether oxygens (including phenoxy) is 1. The summed E-state index contributed by atoms with van der Waals surface area (Å²) in [6.45, 7) is 3.64. The Morgan fingerprint density at radius 1 is 1.16 bits per heavy atom. The summed E-state index contributed by atoms with van der Waals surface area (Å²) in [5, 5.41) is 3.85. The van der Waals surface area contributed by atoms with Crippen molar-refractivity contribution in [2.24, 2.45) is 5.41 Å². The molecule has 2 unspecified atom stereocenters. The molecule has 2 N–H and O–H groups in total. The molecule has 1 aliphatic carbocycles. The molecule has 1 aromatic carbocycles. The summed E-state index contributed by atoms with van der Waals surface area (Å²) in [4.78, 5) is 13.2. The SMILES string of the molecule is FC(F)(F)c1cc2c(NC3c4ccccc4CCC3N3CC4(COC4)C3)ncnc2[nH]1. The predicted octanol–water partition coefficient (Wildman–Crippen LogP) is 3.78. The van der Waals surface area contributed by atoms with Crippen LogP contribution in [0.25, 0.3) is 11.0 Å². The quantitative estimate of drug-likeness (QED) is 0.664. The van der Waals surface area contributed by atoms with E-state index >= 15 is 0 Å². The van der Waals surface area contributed by atoms with Crippen LogP contribution in [0.15, 0.2) is 36.7 Å². The summed E-state index contributed by atoms with van der Waals surface area (Å²) in [7, 11) is 0. The number of aryl methyl sites for hydroxylation is 1. The van der Waals surface area contributed by atoms with Crippen molar-refractivity contribution < 1.29 is 17.9 Å². The highest BCUT2D eigenvalue weighted by Crippen LogP contribution is 2.44. The van der Waals surface area contributed by atoms with Crippen LogP contribution in [0.2, 0.25) is 0 Å². The Kier molecular flexibility index (Phi) is 4.10. The molecule has 2 fully saturated rings. The summed E-state index contributed by atoms with van der Waals surface area (Å²) in [5.41, 5.74) is 2.12. The van der Waals surface area contributed by atoms with E-state index in [0.29, 0.717) is 16.6 Å². The number of halogens is 3. The highest BCUT2D eigenvalue weighted by atomic mass is 19.4. The number of hydrogen-bond donors (Lipinski definition) is 2. The molecule has 3 aliphatic rings. The third-order valence-corrected chi connectivity index (χ3v) is 6.87. The molecular weight excluding hydrogens is 407 g/mol. The molecule has 6 rings (SSSR count). The number of rotatable bonds is 3. The molecule has 4 heterocycles. The fraction of sp³-hybridized carbons (Fsp3) is 0.455. The molecule has 2 aliphatic heterocycles. The maximum atomic E-state index is 13.2. The second-order valence-corrected chi connectivity index (χ2v) is 8.99. The minimum atomic E-state index is -4.46. The largest absolute Gasteiger partial charge is 0.431 e. The fourth-order valence-electron chi connectivity index (χ4n) is 5.29. The highest BCUT2D eigenvalue weighted by molar-refractivity contribution is 5.88. The molecule has 3 aromatic rings. The van der Waals surface area contributed by atoms with Crippen LogP contribution in [0.3, 0.4) is 0 Å². The minimum absolute atomic E-state index is 0.0642. The molecule has 162 valence electrons. The predicted molar refractivity (Wildman–Crippen MR) is 109 cm³/mol. The molecule has 0 saturated carbocycles. The van der Waals surface area contributed by atoms with E-state index in [0.717, 1.165) is 45.2 Å². The molecule has 2 atom stereocenters. The van der Waals surface area contributed by atoms with Crippen LogP contribution in [0.5, 0.6) is 0 Å². The van der Waals surface area contributed by atoms with E-state index < -0.39 is 11.9 Å². The number of aromatic nitrogens is 3. The lowest BCUT2D eigenvalue weighted by molar-refractivity contribution is -0.200. The van der Waals surface area contributed by atoms with Crippen molar-refractivity contribution in [1.29, 1.82) is 0 Å². The number of fused-ring (bicyclic) bond motifs is 2. The van der Waals surface area contributed by atoms with Gasteiger partial charge in [0.25, 0.3) is 0 Å². The third kappa shape index (κ3) is 3.10. The third-order valence-electron chi connectivity index (χ3n) is 6.87. The van der Waals surface area contributed by atoms with Crippen molar-refractivity contribution in [3.05, 3.63) is 53.5 Å². The average Bonchev–Trinajstić information content (AvgIpc) is 3.13. The van der Waals surface area contributed by atoms with E-state index in [1.165, 1.54) is 17.5 Å². The zero-order valence-electron chi connectivity index (χ0n) is 16.7. The van der Waals surface area contributed by atoms with Gasteiger partial charge < -0.3 is 15.0 Å². The number of benzene rings is 1. The Morgan fingerprint density at radius 3 is 2.71 bits per heavy atom. The van der Waals surface area contributed by atoms with Crippen LogP contribution < -0.4 is 5.32 Å². The number of hydrogen-bond acceptors (Lipinski definition) is 5. The molecule has 9 heteroatoms. The number of nitrogens with one attached hydrogen (secondary N) is 2. The summed E-state index contributed by atoms with van der Waals surface area (Å²) in [5.74, 6) is 0.422. The first-order valence-corrected chi connectivity index (χ1v) is 10.5. The Hall–Kier alpha value is -2.65. The van der Waals surface area contributed by atoms with Gasteiger partial charge in [0.05, 0.1) is 24.6 Å². The Balaban J connectivity index is 1.36. The maximum absolute atomic E-state index is 13.2. The number of aromatic amines is 1. The summed E-state index contributed by atoms with van der Waals surface area (Å²) in [6, 6.07) is 9.55. The van der Waals surface area contributed by atoms with Crippen LogP contribution >= 0.6 is 0 Å². The summed E-state index contributed by atoms with van der Waals surface area (Å²) >= 11 is 0. The van der Waals surface area contributed by atoms with Gasteiger partial charge in [-0.25, -0.2) is 9.97 Å². The van der Waals surface area contributed by atoms with Gasteiger partial charge in [0, 0.05) is 24.5 Å². The lowest BCUT2D eigenvalue weighted by Crippen LogP contribution is -2.69. The van der Waals surface area contributed by atoms with E-state index in [1.807, 2.05) is 12.1 Å². The molecule has 0 bridgehead atoms. The first-order chi connectivity index (χ1) is 14.9. The number of nitrogens with zero attached hydrogens (tertiary/aromatic N) is 3. The Labute approximate surface area is 176 Å². The van der Waals surface area contributed by atoms with E-state index in [1.54, 1.807) is 0 Å². The Bertz CT molecular complexity index is 1130. The highest BCUT2D eigenvalue weighted by Gasteiger charge is 2.52. The molecule has 2 saturated heterocycles. The van der Waals surface area contributed by atoms with Gasteiger partial charge >= 0.3 is 6.18 Å². The van der Waals surface area contributed by atoms with Crippen LogP contribution in [0.4, 0.5) is 19.0 Å². The van der Waals surface area contributed by atoms with Crippen molar-refractivity contribution in [1.82, 2.24) is 19.9 Å². The van der Waals surface area contributed by atoms with E-state index in [-0.39, 0.29) is 17.7 Å². The molecule has 1 spiro atoms.